The number of aromatic nitrogens is 4. The first-order valence-corrected chi connectivity index (χ1v) is 14.4. The zero-order valence-electron chi connectivity index (χ0n) is 24.6. The highest BCUT2D eigenvalue weighted by Crippen LogP contribution is 2.44. The average Bonchev–Trinajstić information content (AvgIpc) is 3.45. The number of rotatable bonds is 10. The first-order chi connectivity index (χ1) is 19.4. The molecule has 1 amide bonds. The molecule has 41 heavy (non-hydrogen) atoms. The topological polar surface area (TPSA) is 147 Å². The lowest BCUT2D eigenvalue weighted by Crippen LogP contribution is -2.45. The third-order valence-corrected chi connectivity index (χ3v) is 7.65. The second kappa shape index (κ2) is 12.7. The third kappa shape index (κ3) is 6.77. The van der Waals surface area contributed by atoms with Crippen LogP contribution in [0.5, 0.6) is 0 Å². The standard InChI is InChI=1S/C28H41FN6O6/c1-15(2)24(37)34-27-32-22(30-6)20-23(33-27)35(14-31-20)26-28(5,29)21(41-25(38)16(3)4)18(40-26)13-39-19(36)12-17-10-8-7-9-11-17/h14-18,21,26H,7-13H2,1-6H3,(H2,30,32,33,34,37)/t18-,21-,26-,28-/m1/s1. The molecule has 2 N–H and O–H groups in total. The van der Waals surface area contributed by atoms with Gasteiger partial charge < -0.3 is 19.5 Å². The van der Waals surface area contributed by atoms with Gasteiger partial charge in [0.15, 0.2) is 35.0 Å². The number of alkyl halides is 1. The van der Waals surface area contributed by atoms with Crippen LogP contribution in [0.1, 0.15) is 79.4 Å². The van der Waals surface area contributed by atoms with Gasteiger partial charge in [0.25, 0.3) is 0 Å². The molecule has 0 radical (unpaired) electrons. The van der Waals surface area contributed by atoms with Crippen LogP contribution in [-0.2, 0) is 28.6 Å². The van der Waals surface area contributed by atoms with Crippen molar-refractivity contribution in [2.45, 2.75) is 97.2 Å². The summed E-state index contributed by atoms with van der Waals surface area (Å²) >= 11 is 0. The van der Waals surface area contributed by atoms with E-state index in [1.165, 1.54) is 24.2 Å². The van der Waals surface area contributed by atoms with Gasteiger partial charge in [0.05, 0.1) is 12.2 Å². The average molecular weight is 577 g/mol. The number of esters is 2. The summed E-state index contributed by atoms with van der Waals surface area (Å²) in [5.41, 5.74) is -1.74. The molecular weight excluding hydrogens is 535 g/mol. The predicted octanol–water partition coefficient (Wildman–Crippen LogP) is 4.17. The maximum absolute atomic E-state index is 16.7. The number of hydrogen-bond acceptors (Lipinski definition) is 10. The molecule has 0 bridgehead atoms. The maximum Gasteiger partial charge on any atom is 0.308 e. The van der Waals surface area contributed by atoms with Gasteiger partial charge >= 0.3 is 11.9 Å². The van der Waals surface area contributed by atoms with Crippen molar-refractivity contribution >= 4 is 40.8 Å². The van der Waals surface area contributed by atoms with Gasteiger partial charge in [0.1, 0.15) is 12.7 Å². The van der Waals surface area contributed by atoms with Crippen molar-refractivity contribution in [3.05, 3.63) is 6.33 Å². The second-order valence-electron chi connectivity index (χ2n) is 11.7. The van der Waals surface area contributed by atoms with Crippen LogP contribution in [0.25, 0.3) is 11.2 Å². The summed E-state index contributed by atoms with van der Waals surface area (Å²) in [4.78, 5) is 50.6. The molecule has 2 aromatic heterocycles. The predicted molar refractivity (Wildman–Crippen MR) is 149 cm³/mol. The normalized spacial score (nSPS) is 25.0. The number of carbonyl (C=O) groups is 3. The van der Waals surface area contributed by atoms with Crippen molar-refractivity contribution in [2.75, 3.05) is 24.3 Å². The van der Waals surface area contributed by atoms with Crippen molar-refractivity contribution in [2.24, 2.45) is 17.8 Å². The molecule has 13 heteroatoms. The molecule has 0 aromatic carbocycles. The van der Waals surface area contributed by atoms with Gasteiger partial charge in [0.2, 0.25) is 11.9 Å². The Balaban J connectivity index is 1.62. The van der Waals surface area contributed by atoms with E-state index in [1.807, 2.05) is 0 Å². The van der Waals surface area contributed by atoms with E-state index in [9.17, 15) is 14.4 Å². The number of imidazole rings is 1. The second-order valence-corrected chi connectivity index (χ2v) is 11.7. The van der Waals surface area contributed by atoms with Crippen molar-refractivity contribution in [3.8, 4) is 0 Å². The lowest BCUT2D eigenvalue weighted by Gasteiger charge is -2.28. The van der Waals surface area contributed by atoms with E-state index < -0.39 is 36.0 Å². The minimum atomic E-state index is -2.26. The summed E-state index contributed by atoms with van der Waals surface area (Å²) in [5.74, 6) is -1.49. The van der Waals surface area contributed by atoms with Crippen LogP contribution in [0, 0.1) is 17.8 Å². The van der Waals surface area contributed by atoms with Gasteiger partial charge in [0, 0.05) is 19.4 Å². The monoisotopic (exact) mass is 576 g/mol. The SMILES string of the molecule is CNc1nc(NC(=O)C(C)C)nc2c1ncn2[C@@H]1O[C@H](COC(=O)CC2CCCCC2)[C@@H](OC(=O)C(C)C)[C@@]1(C)F. The van der Waals surface area contributed by atoms with Gasteiger partial charge in [-0.05, 0) is 25.7 Å². The van der Waals surface area contributed by atoms with E-state index in [4.69, 9.17) is 14.2 Å². The van der Waals surface area contributed by atoms with Crippen LogP contribution < -0.4 is 10.6 Å². The zero-order valence-corrected chi connectivity index (χ0v) is 24.6. The number of hydrogen-bond donors (Lipinski definition) is 2. The highest BCUT2D eigenvalue weighted by Gasteiger charge is 2.58. The molecule has 226 valence electrons. The molecule has 3 heterocycles. The molecule has 4 rings (SSSR count). The number of anilines is 2. The first kappa shape index (κ1) is 30.6. The van der Waals surface area contributed by atoms with Crippen LogP contribution in [-0.4, -0.2) is 68.9 Å². The summed E-state index contributed by atoms with van der Waals surface area (Å²) in [5, 5.41) is 5.58. The lowest BCUT2D eigenvalue weighted by molar-refractivity contribution is -0.164. The number of nitrogens with zero attached hydrogens (tertiary/aromatic N) is 4. The fourth-order valence-corrected chi connectivity index (χ4v) is 5.22. The third-order valence-electron chi connectivity index (χ3n) is 7.65. The number of halogens is 1. The van der Waals surface area contributed by atoms with Crippen LogP contribution in [0.4, 0.5) is 16.2 Å². The Morgan fingerprint density at radius 1 is 1.15 bits per heavy atom. The molecule has 0 unspecified atom stereocenters. The quantitative estimate of drug-likeness (QED) is 0.395. The molecule has 2 aromatic rings. The molecular formula is C28H41FN6O6. The number of carbonyl (C=O) groups excluding carboxylic acids is 3. The van der Waals surface area contributed by atoms with Gasteiger partial charge in [-0.15, -0.1) is 0 Å². The van der Waals surface area contributed by atoms with E-state index in [0.717, 1.165) is 25.7 Å². The smallest absolute Gasteiger partial charge is 0.308 e. The number of amides is 1. The van der Waals surface area contributed by atoms with E-state index in [2.05, 4.69) is 25.6 Å². The highest BCUT2D eigenvalue weighted by molar-refractivity contribution is 5.92. The summed E-state index contributed by atoms with van der Waals surface area (Å²) < 4.78 is 35.3. The van der Waals surface area contributed by atoms with Gasteiger partial charge in [-0.1, -0.05) is 47.0 Å². The molecule has 1 saturated heterocycles. The molecule has 2 fully saturated rings. The molecule has 0 spiro atoms. The minimum Gasteiger partial charge on any atom is -0.463 e. The van der Waals surface area contributed by atoms with Crippen molar-refractivity contribution < 1.29 is 33.0 Å². The molecule has 2 aliphatic rings. The van der Waals surface area contributed by atoms with E-state index in [-0.39, 0.29) is 41.9 Å². The fraction of sp³-hybridized carbons (Fsp3) is 0.714. The molecule has 1 aliphatic carbocycles. The summed E-state index contributed by atoms with van der Waals surface area (Å²) in [7, 11) is 1.64. The highest BCUT2D eigenvalue weighted by atomic mass is 19.1. The van der Waals surface area contributed by atoms with E-state index in [0.29, 0.717) is 17.8 Å². The van der Waals surface area contributed by atoms with Gasteiger partial charge in [-0.3, -0.25) is 24.3 Å². The Hall–Kier alpha value is -3.35. The van der Waals surface area contributed by atoms with Crippen molar-refractivity contribution in [3.63, 3.8) is 0 Å². The number of ether oxygens (including phenoxy) is 3. The number of fused-ring (bicyclic) bond motifs is 1. The van der Waals surface area contributed by atoms with Crippen LogP contribution >= 0.6 is 0 Å². The van der Waals surface area contributed by atoms with Crippen molar-refractivity contribution in [1.29, 1.82) is 0 Å². The molecule has 12 nitrogen and oxygen atoms in total. The van der Waals surface area contributed by atoms with E-state index >= 15 is 4.39 Å². The molecule has 4 atom stereocenters. The lowest BCUT2D eigenvalue weighted by atomic mass is 9.87. The van der Waals surface area contributed by atoms with Crippen molar-refractivity contribution in [1.82, 2.24) is 19.5 Å². The van der Waals surface area contributed by atoms with Crippen LogP contribution in [0.15, 0.2) is 6.33 Å². The Morgan fingerprint density at radius 3 is 2.49 bits per heavy atom. The van der Waals surface area contributed by atoms with Gasteiger partial charge in [-0.25, -0.2) is 9.37 Å². The van der Waals surface area contributed by atoms with Crippen LogP contribution in [0.3, 0.4) is 0 Å². The Kier molecular flexibility index (Phi) is 9.45. The summed E-state index contributed by atoms with van der Waals surface area (Å²) in [6, 6.07) is 0. The van der Waals surface area contributed by atoms with Gasteiger partial charge in [-0.2, -0.15) is 9.97 Å². The largest absolute Gasteiger partial charge is 0.463 e. The zero-order chi connectivity index (χ0) is 29.9. The first-order valence-electron chi connectivity index (χ1n) is 14.4. The fourth-order valence-electron chi connectivity index (χ4n) is 5.22. The Morgan fingerprint density at radius 2 is 1.85 bits per heavy atom. The Bertz CT molecular complexity index is 1260. The summed E-state index contributed by atoms with van der Waals surface area (Å²) in [6.07, 6.45) is 3.21. The number of nitrogens with one attached hydrogen (secondary N) is 2. The summed E-state index contributed by atoms with van der Waals surface area (Å²) in [6.45, 7) is 7.76. The minimum absolute atomic E-state index is 0.0110. The molecule has 1 saturated carbocycles. The van der Waals surface area contributed by atoms with E-state index in [1.54, 1.807) is 34.7 Å². The van der Waals surface area contributed by atoms with Crippen LogP contribution in [0.2, 0.25) is 0 Å². The Labute approximate surface area is 239 Å². The molecule has 1 aliphatic heterocycles. The maximum atomic E-state index is 16.7.